The number of carboxylic acid groups (broad SMARTS) is 1. The predicted molar refractivity (Wildman–Crippen MR) is 31.9 cm³/mol. The van der Waals surface area contributed by atoms with Crippen LogP contribution in [0.5, 0.6) is 0 Å². The Hall–Kier alpha value is -0.120. The second-order valence-corrected chi connectivity index (χ2v) is 2.28. The first kappa shape index (κ1) is 10.9. The van der Waals surface area contributed by atoms with Crippen molar-refractivity contribution in [2.45, 2.75) is 19.3 Å². The maximum atomic E-state index is 10.6. The fourth-order valence-electron chi connectivity index (χ4n) is 0.953. The van der Waals surface area contributed by atoms with Crippen LogP contribution in [0.4, 0.5) is 0 Å². The van der Waals surface area contributed by atoms with Crippen LogP contribution < -0.4 is 34.7 Å². The fourth-order valence-corrected chi connectivity index (χ4v) is 0.953. The van der Waals surface area contributed by atoms with Crippen LogP contribution in [0.15, 0.2) is 11.6 Å². The van der Waals surface area contributed by atoms with Crippen LogP contribution >= 0.6 is 0 Å². The summed E-state index contributed by atoms with van der Waals surface area (Å²) in [5.41, 5.74) is 0.135. The number of carbonyl (C=O) groups is 2. The summed E-state index contributed by atoms with van der Waals surface area (Å²) in [5.74, 6) is -1.32. The van der Waals surface area contributed by atoms with Crippen LogP contribution in [0.25, 0.3) is 0 Å². The largest absolute Gasteiger partial charge is 1.00 e. The Bertz CT molecular complexity index is 208. The number of hydrogen-bond acceptors (Lipinski definition) is 3. The molecule has 0 aromatic heterocycles. The van der Waals surface area contributed by atoms with E-state index >= 15 is 0 Å². The van der Waals surface area contributed by atoms with E-state index in [0.717, 1.165) is 0 Å². The smallest absolute Gasteiger partial charge is 0.545 e. The van der Waals surface area contributed by atoms with Gasteiger partial charge in [-0.1, -0.05) is 0 Å². The van der Waals surface area contributed by atoms with Crippen LogP contribution in [0.1, 0.15) is 19.3 Å². The summed E-state index contributed by atoms with van der Waals surface area (Å²) in [7, 11) is 0. The zero-order valence-corrected chi connectivity index (χ0v) is 8.42. The van der Waals surface area contributed by atoms with E-state index < -0.39 is 5.97 Å². The Morgan fingerprint density at radius 1 is 1.45 bits per heavy atom. The minimum atomic E-state index is -1.21. The summed E-state index contributed by atoms with van der Waals surface area (Å²) in [6.07, 6.45) is 2.74. The third kappa shape index (κ3) is 3.18. The second-order valence-electron chi connectivity index (χ2n) is 2.28. The molecule has 0 unspecified atom stereocenters. The molecule has 0 aromatic carbocycles. The van der Waals surface area contributed by atoms with E-state index in [1.165, 1.54) is 6.08 Å². The van der Waals surface area contributed by atoms with Crippen LogP contribution in [0.2, 0.25) is 0 Å². The van der Waals surface area contributed by atoms with Crippen molar-refractivity contribution < 1.29 is 44.3 Å². The van der Waals surface area contributed by atoms with E-state index in [9.17, 15) is 14.7 Å². The van der Waals surface area contributed by atoms with Crippen LogP contribution in [0.3, 0.4) is 0 Å². The summed E-state index contributed by atoms with van der Waals surface area (Å²) in [6.45, 7) is 0. The molecule has 1 aliphatic carbocycles. The minimum absolute atomic E-state index is 0. The SMILES string of the molecule is O=C1C=C(C(=O)[O-])CCC1.[Na+]. The van der Waals surface area contributed by atoms with Crippen molar-refractivity contribution in [3.8, 4) is 0 Å². The first-order valence-corrected chi connectivity index (χ1v) is 3.15. The van der Waals surface area contributed by atoms with E-state index in [-0.39, 0.29) is 40.9 Å². The molecule has 0 radical (unpaired) electrons. The van der Waals surface area contributed by atoms with Gasteiger partial charge >= 0.3 is 29.6 Å². The molecule has 0 fully saturated rings. The number of carboxylic acids is 1. The predicted octanol–water partition coefficient (Wildman–Crippen LogP) is -3.58. The van der Waals surface area contributed by atoms with Gasteiger partial charge in [0.15, 0.2) is 5.78 Å². The summed E-state index contributed by atoms with van der Waals surface area (Å²) in [4.78, 5) is 20.8. The summed E-state index contributed by atoms with van der Waals surface area (Å²) < 4.78 is 0. The quantitative estimate of drug-likeness (QED) is 0.375. The molecule has 0 spiro atoms. The maximum absolute atomic E-state index is 10.6. The first-order chi connectivity index (χ1) is 4.70. The van der Waals surface area contributed by atoms with Gasteiger partial charge < -0.3 is 9.90 Å². The molecular formula is C7H7NaO3. The van der Waals surface area contributed by atoms with Crippen molar-refractivity contribution in [3.05, 3.63) is 11.6 Å². The Balaban J connectivity index is 0.000001000. The van der Waals surface area contributed by atoms with E-state index in [1.807, 2.05) is 0 Å². The molecule has 0 atom stereocenters. The Morgan fingerprint density at radius 2 is 2.09 bits per heavy atom. The molecule has 0 saturated heterocycles. The first-order valence-electron chi connectivity index (χ1n) is 3.15. The molecule has 1 aliphatic rings. The molecule has 4 heteroatoms. The molecule has 54 valence electrons. The topological polar surface area (TPSA) is 57.2 Å². The Kier molecular flexibility index (Phi) is 4.65. The van der Waals surface area contributed by atoms with Crippen molar-refractivity contribution >= 4 is 11.8 Å². The van der Waals surface area contributed by atoms with Gasteiger partial charge in [0.1, 0.15) is 0 Å². The number of aliphatic carboxylic acids is 1. The molecule has 0 amide bonds. The van der Waals surface area contributed by atoms with Crippen LogP contribution in [-0.4, -0.2) is 11.8 Å². The maximum Gasteiger partial charge on any atom is 1.00 e. The zero-order valence-electron chi connectivity index (χ0n) is 6.42. The third-order valence-electron chi connectivity index (χ3n) is 1.47. The molecular weight excluding hydrogens is 155 g/mol. The van der Waals surface area contributed by atoms with Crippen molar-refractivity contribution in [2.24, 2.45) is 0 Å². The second kappa shape index (κ2) is 4.70. The molecule has 0 N–H and O–H groups in total. The van der Waals surface area contributed by atoms with Gasteiger partial charge in [-0.3, -0.25) is 4.79 Å². The molecule has 0 saturated carbocycles. The van der Waals surface area contributed by atoms with Gasteiger partial charge in [0.2, 0.25) is 0 Å². The van der Waals surface area contributed by atoms with Gasteiger partial charge in [-0.2, -0.15) is 0 Å². The van der Waals surface area contributed by atoms with Crippen molar-refractivity contribution in [1.29, 1.82) is 0 Å². The average Bonchev–Trinajstić information content (AvgIpc) is 1.88. The third-order valence-corrected chi connectivity index (χ3v) is 1.47. The van der Waals surface area contributed by atoms with E-state index in [1.54, 1.807) is 0 Å². The summed E-state index contributed by atoms with van der Waals surface area (Å²) in [5, 5.41) is 10.2. The normalized spacial score (nSPS) is 16.7. The Morgan fingerprint density at radius 3 is 2.45 bits per heavy atom. The van der Waals surface area contributed by atoms with E-state index in [0.29, 0.717) is 19.3 Å². The monoisotopic (exact) mass is 162 g/mol. The Labute approximate surface area is 86.8 Å². The van der Waals surface area contributed by atoms with Gasteiger partial charge in [0.05, 0.1) is 5.97 Å². The number of ketones is 1. The molecule has 0 aliphatic heterocycles. The molecule has 0 aromatic rings. The van der Waals surface area contributed by atoms with Gasteiger partial charge in [-0.05, 0) is 24.5 Å². The van der Waals surface area contributed by atoms with Crippen molar-refractivity contribution in [1.82, 2.24) is 0 Å². The van der Waals surface area contributed by atoms with Crippen molar-refractivity contribution in [2.75, 3.05) is 0 Å². The number of rotatable bonds is 1. The van der Waals surface area contributed by atoms with Gasteiger partial charge in [0, 0.05) is 6.42 Å². The van der Waals surface area contributed by atoms with E-state index in [2.05, 4.69) is 0 Å². The van der Waals surface area contributed by atoms with Gasteiger partial charge in [-0.15, -0.1) is 0 Å². The van der Waals surface area contributed by atoms with Crippen molar-refractivity contribution in [3.63, 3.8) is 0 Å². The molecule has 1 rings (SSSR count). The number of allylic oxidation sites excluding steroid dienone is 1. The standard InChI is InChI=1S/C7H8O3.Na/c8-6-3-1-2-5(4-6)7(9)10;/h4H,1-3H2,(H,9,10);/q;+1/p-1. The summed E-state index contributed by atoms with van der Waals surface area (Å²) >= 11 is 0. The van der Waals surface area contributed by atoms with Crippen LogP contribution in [-0.2, 0) is 9.59 Å². The zero-order chi connectivity index (χ0) is 7.56. The van der Waals surface area contributed by atoms with Gasteiger partial charge in [-0.25, -0.2) is 0 Å². The number of hydrogen-bond donors (Lipinski definition) is 0. The number of carbonyl (C=O) groups excluding carboxylic acids is 2. The molecule has 3 nitrogen and oxygen atoms in total. The fraction of sp³-hybridized carbons (Fsp3) is 0.429. The molecule has 0 bridgehead atoms. The minimum Gasteiger partial charge on any atom is -0.545 e. The van der Waals surface area contributed by atoms with Crippen LogP contribution in [0, 0.1) is 0 Å². The molecule has 0 heterocycles. The summed E-state index contributed by atoms with van der Waals surface area (Å²) in [6, 6.07) is 0. The van der Waals surface area contributed by atoms with Gasteiger partial charge in [0.25, 0.3) is 0 Å². The molecule has 11 heavy (non-hydrogen) atoms. The van der Waals surface area contributed by atoms with E-state index in [4.69, 9.17) is 0 Å². The average molecular weight is 162 g/mol.